The first-order chi connectivity index (χ1) is 13.0. The van der Waals surface area contributed by atoms with Gasteiger partial charge in [0.15, 0.2) is 0 Å². The van der Waals surface area contributed by atoms with Gasteiger partial charge in [0.1, 0.15) is 0 Å². The van der Waals surface area contributed by atoms with Crippen molar-refractivity contribution >= 4 is 28.9 Å². The average molecular weight is 388 g/mol. The number of nitro groups is 1. The van der Waals surface area contributed by atoms with E-state index >= 15 is 0 Å². The fraction of sp³-hybridized carbons (Fsp3) is 0.350. The molecule has 142 valence electrons. The van der Waals surface area contributed by atoms with Gasteiger partial charge in [-0.3, -0.25) is 14.9 Å². The summed E-state index contributed by atoms with van der Waals surface area (Å²) in [5.74, 6) is 0.187. The monoisotopic (exact) mass is 387 g/mol. The van der Waals surface area contributed by atoms with Gasteiger partial charge in [-0.1, -0.05) is 23.7 Å². The van der Waals surface area contributed by atoms with Gasteiger partial charge < -0.3 is 9.80 Å². The van der Waals surface area contributed by atoms with Gasteiger partial charge in [-0.05, 0) is 42.7 Å². The number of carbonyl (C=O) groups is 1. The number of piperazine rings is 1. The second-order valence-electron chi connectivity index (χ2n) is 6.62. The molecule has 0 aliphatic carbocycles. The van der Waals surface area contributed by atoms with Crippen molar-refractivity contribution in [2.45, 2.75) is 19.3 Å². The minimum absolute atomic E-state index is 0.0910. The van der Waals surface area contributed by atoms with Crippen molar-refractivity contribution in [2.24, 2.45) is 0 Å². The Hall–Kier alpha value is -2.60. The highest BCUT2D eigenvalue weighted by atomic mass is 35.5. The zero-order chi connectivity index (χ0) is 19.2. The third-order valence-electron chi connectivity index (χ3n) is 4.83. The fourth-order valence-corrected chi connectivity index (χ4v) is 3.38. The van der Waals surface area contributed by atoms with Crippen molar-refractivity contribution in [3.63, 3.8) is 0 Å². The van der Waals surface area contributed by atoms with E-state index in [-0.39, 0.29) is 11.6 Å². The van der Waals surface area contributed by atoms with E-state index in [2.05, 4.69) is 4.90 Å². The normalized spacial score (nSPS) is 14.3. The van der Waals surface area contributed by atoms with Crippen molar-refractivity contribution in [3.8, 4) is 0 Å². The summed E-state index contributed by atoms with van der Waals surface area (Å²) in [5, 5.41) is 11.5. The van der Waals surface area contributed by atoms with Crippen LogP contribution in [-0.4, -0.2) is 41.9 Å². The molecule has 0 saturated carbocycles. The lowest BCUT2D eigenvalue weighted by Crippen LogP contribution is -2.48. The Labute approximate surface area is 163 Å². The molecule has 1 aliphatic heterocycles. The first-order valence-electron chi connectivity index (χ1n) is 9.04. The third-order valence-corrected chi connectivity index (χ3v) is 5.08. The van der Waals surface area contributed by atoms with Gasteiger partial charge in [-0.25, -0.2) is 0 Å². The minimum atomic E-state index is -0.398. The van der Waals surface area contributed by atoms with Gasteiger partial charge in [0.05, 0.1) is 4.92 Å². The molecule has 6 nitrogen and oxygen atoms in total. The molecule has 1 aliphatic rings. The summed E-state index contributed by atoms with van der Waals surface area (Å²) in [6.07, 6.45) is 2.23. The number of non-ortho nitro benzene ring substituents is 1. The molecule has 1 heterocycles. The van der Waals surface area contributed by atoms with E-state index in [9.17, 15) is 14.9 Å². The van der Waals surface area contributed by atoms with Crippen LogP contribution in [-0.2, 0) is 11.2 Å². The molecule has 0 bridgehead atoms. The van der Waals surface area contributed by atoms with Crippen LogP contribution in [0.2, 0.25) is 5.02 Å². The Morgan fingerprint density at radius 1 is 1.00 bits per heavy atom. The molecule has 3 rings (SSSR count). The van der Waals surface area contributed by atoms with Crippen LogP contribution >= 0.6 is 11.6 Å². The zero-order valence-corrected chi connectivity index (χ0v) is 15.8. The number of nitro benzene ring substituents is 1. The Morgan fingerprint density at radius 3 is 2.22 bits per heavy atom. The van der Waals surface area contributed by atoms with E-state index in [1.807, 2.05) is 29.2 Å². The Kier molecular flexibility index (Phi) is 6.29. The summed E-state index contributed by atoms with van der Waals surface area (Å²) < 4.78 is 0. The van der Waals surface area contributed by atoms with E-state index in [1.165, 1.54) is 17.7 Å². The van der Waals surface area contributed by atoms with E-state index < -0.39 is 4.92 Å². The number of amides is 1. The lowest BCUT2D eigenvalue weighted by atomic mass is 10.1. The number of halogens is 1. The largest absolute Gasteiger partial charge is 0.368 e. The molecular formula is C20H22ClN3O3. The topological polar surface area (TPSA) is 66.7 Å². The lowest BCUT2D eigenvalue weighted by Gasteiger charge is -2.36. The predicted octanol–water partition coefficient (Wildman–Crippen LogP) is 3.92. The SMILES string of the molecule is O=C(CCCc1ccc(Cl)cc1)N1CCN(c2ccc([N+](=O)[O-])cc2)CC1. The lowest BCUT2D eigenvalue weighted by molar-refractivity contribution is -0.384. The molecule has 1 fully saturated rings. The van der Waals surface area contributed by atoms with Crippen LogP contribution in [0, 0.1) is 10.1 Å². The molecule has 0 aromatic heterocycles. The smallest absolute Gasteiger partial charge is 0.269 e. The van der Waals surface area contributed by atoms with E-state index in [0.717, 1.165) is 36.6 Å². The van der Waals surface area contributed by atoms with Gasteiger partial charge in [-0.2, -0.15) is 0 Å². The second-order valence-corrected chi connectivity index (χ2v) is 7.06. The van der Waals surface area contributed by atoms with Gasteiger partial charge in [0, 0.05) is 55.4 Å². The summed E-state index contributed by atoms with van der Waals surface area (Å²) in [4.78, 5) is 26.8. The van der Waals surface area contributed by atoms with Gasteiger partial charge in [0.25, 0.3) is 5.69 Å². The van der Waals surface area contributed by atoms with Crippen LogP contribution in [0.4, 0.5) is 11.4 Å². The number of benzene rings is 2. The first-order valence-corrected chi connectivity index (χ1v) is 9.42. The van der Waals surface area contributed by atoms with E-state index in [4.69, 9.17) is 11.6 Å². The Morgan fingerprint density at radius 2 is 1.63 bits per heavy atom. The number of hydrogen-bond acceptors (Lipinski definition) is 4. The maximum Gasteiger partial charge on any atom is 0.269 e. The molecule has 2 aromatic carbocycles. The minimum Gasteiger partial charge on any atom is -0.368 e. The maximum atomic E-state index is 12.4. The molecule has 1 amide bonds. The Bertz CT molecular complexity index is 785. The van der Waals surface area contributed by atoms with Crippen molar-refractivity contribution in [3.05, 3.63) is 69.2 Å². The van der Waals surface area contributed by atoms with Gasteiger partial charge in [-0.15, -0.1) is 0 Å². The second kappa shape index (κ2) is 8.86. The number of nitrogens with zero attached hydrogens (tertiary/aromatic N) is 3. The summed E-state index contributed by atoms with van der Waals surface area (Å²) in [6.45, 7) is 2.83. The van der Waals surface area contributed by atoms with Crippen molar-refractivity contribution < 1.29 is 9.72 Å². The van der Waals surface area contributed by atoms with E-state index in [0.29, 0.717) is 19.5 Å². The van der Waals surface area contributed by atoms with Crippen LogP contribution in [0.5, 0.6) is 0 Å². The first kappa shape index (κ1) is 19.2. The summed E-state index contributed by atoms with van der Waals surface area (Å²) in [7, 11) is 0. The maximum absolute atomic E-state index is 12.4. The zero-order valence-electron chi connectivity index (χ0n) is 15.0. The van der Waals surface area contributed by atoms with Crippen LogP contribution in [0.1, 0.15) is 18.4 Å². The van der Waals surface area contributed by atoms with Crippen LogP contribution in [0.15, 0.2) is 48.5 Å². The number of carbonyl (C=O) groups excluding carboxylic acids is 1. The number of rotatable bonds is 6. The van der Waals surface area contributed by atoms with Crippen LogP contribution < -0.4 is 4.90 Å². The van der Waals surface area contributed by atoms with Crippen LogP contribution in [0.25, 0.3) is 0 Å². The highest BCUT2D eigenvalue weighted by molar-refractivity contribution is 6.30. The third kappa shape index (κ3) is 5.20. The van der Waals surface area contributed by atoms with Crippen molar-refractivity contribution in [2.75, 3.05) is 31.1 Å². The van der Waals surface area contributed by atoms with Crippen LogP contribution in [0.3, 0.4) is 0 Å². The van der Waals surface area contributed by atoms with Crippen molar-refractivity contribution in [1.82, 2.24) is 4.90 Å². The Balaban J connectivity index is 1.43. The van der Waals surface area contributed by atoms with Gasteiger partial charge in [0.2, 0.25) is 5.91 Å². The summed E-state index contributed by atoms with van der Waals surface area (Å²) >= 11 is 5.88. The molecular weight excluding hydrogens is 366 g/mol. The molecule has 0 atom stereocenters. The summed E-state index contributed by atoms with van der Waals surface area (Å²) in [6, 6.07) is 14.3. The number of anilines is 1. The van der Waals surface area contributed by atoms with Gasteiger partial charge >= 0.3 is 0 Å². The molecule has 0 spiro atoms. The van der Waals surface area contributed by atoms with Crippen molar-refractivity contribution in [1.29, 1.82) is 0 Å². The quantitative estimate of drug-likeness (QED) is 0.556. The number of aryl methyl sites for hydroxylation is 1. The predicted molar refractivity (Wildman–Crippen MR) is 106 cm³/mol. The van der Waals surface area contributed by atoms with E-state index in [1.54, 1.807) is 12.1 Å². The molecule has 0 N–H and O–H groups in total. The standard InChI is InChI=1S/C20H22ClN3O3/c21-17-6-4-16(5-7-17)2-1-3-20(25)23-14-12-22(13-15-23)18-8-10-19(11-9-18)24(26)27/h4-11H,1-3,12-15H2. The molecule has 2 aromatic rings. The number of hydrogen-bond donors (Lipinski definition) is 0. The highest BCUT2D eigenvalue weighted by Gasteiger charge is 2.21. The highest BCUT2D eigenvalue weighted by Crippen LogP contribution is 2.21. The molecule has 27 heavy (non-hydrogen) atoms. The summed E-state index contributed by atoms with van der Waals surface area (Å²) in [5.41, 5.74) is 2.24. The molecule has 0 radical (unpaired) electrons. The molecule has 1 saturated heterocycles. The molecule has 7 heteroatoms. The fourth-order valence-electron chi connectivity index (χ4n) is 3.25. The molecule has 0 unspecified atom stereocenters. The average Bonchev–Trinajstić information content (AvgIpc) is 2.69.